The highest BCUT2D eigenvalue weighted by atomic mass is 16.2. The van der Waals surface area contributed by atoms with E-state index in [0.29, 0.717) is 11.4 Å². The Balaban J connectivity index is 2.14. The average Bonchev–Trinajstić information content (AvgIpc) is 2.92. The molecule has 0 aliphatic carbocycles. The summed E-state index contributed by atoms with van der Waals surface area (Å²) in [5, 5.41) is 11.5. The second-order valence-corrected chi connectivity index (χ2v) is 4.03. The summed E-state index contributed by atoms with van der Waals surface area (Å²) in [6.45, 7) is 1.75. The molecule has 0 saturated carbocycles. The van der Waals surface area contributed by atoms with Gasteiger partial charge < -0.3 is 15.4 Å². The standard InChI is InChI=1S/C15H14N2O2/c1-11-10-13(7-6-12(11)4-3-9-18)17-15(19)14-5-2-8-16-14/h2,5-8,10,16,18H,9H2,1H3,(H,17,19). The summed E-state index contributed by atoms with van der Waals surface area (Å²) in [5.74, 6) is 5.27. The van der Waals surface area contributed by atoms with Crippen LogP contribution in [0.3, 0.4) is 0 Å². The summed E-state index contributed by atoms with van der Waals surface area (Å²) >= 11 is 0. The van der Waals surface area contributed by atoms with Crippen LogP contribution in [0.25, 0.3) is 0 Å². The van der Waals surface area contributed by atoms with E-state index in [9.17, 15) is 4.79 Å². The summed E-state index contributed by atoms with van der Waals surface area (Å²) < 4.78 is 0. The number of anilines is 1. The Labute approximate surface area is 111 Å². The molecule has 0 unspecified atom stereocenters. The lowest BCUT2D eigenvalue weighted by molar-refractivity contribution is 0.102. The maximum Gasteiger partial charge on any atom is 0.272 e. The van der Waals surface area contributed by atoms with Crippen LogP contribution in [0.4, 0.5) is 5.69 Å². The van der Waals surface area contributed by atoms with Crippen LogP contribution in [0.2, 0.25) is 0 Å². The second kappa shape index (κ2) is 5.89. The molecule has 2 aromatic rings. The van der Waals surface area contributed by atoms with Gasteiger partial charge in [-0.05, 0) is 42.8 Å². The van der Waals surface area contributed by atoms with Crippen molar-refractivity contribution in [2.24, 2.45) is 0 Å². The van der Waals surface area contributed by atoms with Gasteiger partial charge in [0.25, 0.3) is 5.91 Å². The van der Waals surface area contributed by atoms with E-state index in [-0.39, 0.29) is 12.5 Å². The highest BCUT2D eigenvalue weighted by molar-refractivity contribution is 6.02. The summed E-state index contributed by atoms with van der Waals surface area (Å²) in [5.41, 5.74) is 3.02. The monoisotopic (exact) mass is 254 g/mol. The third-order valence-corrected chi connectivity index (χ3v) is 2.63. The Bertz CT molecular complexity index is 634. The minimum atomic E-state index is -0.182. The summed E-state index contributed by atoms with van der Waals surface area (Å²) in [7, 11) is 0. The number of carbonyl (C=O) groups is 1. The molecule has 0 aliphatic heterocycles. The minimum absolute atomic E-state index is 0.162. The molecular weight excluding hydrogens is 240 g/mol. The fourth-order valence-electron chi connectivity index (χ4n) is 1.69. The molecule has 2 rings (SSSR count). The zero-order chi connectivity index (χ0) is 13.7. The topological polar surface area (TPSA) is 65.1 Å². The van der Waals surface area contributed by atoms with E-state index in [4.69, 9.17) is 5.11 Å². The third-order valence-electron chi connectivity index (χ3n) is 2.63. The molecule has 1 heterocycles. The number of rotatable bonds is 2. The van der Waals surface area contributed by atoms with Gasteiger partial charge >= 0.3 is 0 Å². The van der Waals surface area contributed by atoms with E-state index >= 15 is 0 Å². The molecule has 4 nitrogen and oxygen atoms in total. The molecule has 0 aliphatic rings. The number of aromatic nitrogens is 1. The lowest BCUT2D eigenvalue weighted by atomic mass is 10.1. The highest BCUT2D eigenvalue weighted by Gasteiger charge is 2.06. The van der Waals surface area contributed by atoms with Crippen molar-refractivity contribution < 1.29 is 9.90 Å². The van der Waals surface area contributed by atoms with Crippen molar-refractivity contribution in [2.45, 2.75) is 6.92 Å². The average molecular weight is 254 g/mol. The second-order valence-electron chi connectivity index (χ2n) is 4.03. The van der Waals surface area contributed by atoms with Gasteiger partial charge in [0.05, 0.1) is 0 Å². The molecule has 0 spiro atoms. The maximum atomic E-state index is 11.8. The molecule has 0 fully saturated rings. The number of hydrogen-bond acceptors (Lipinski definition) is 2. The number of amides is 1. The van der Waals surface area contributed by atoms with Crippen LogP contribution in [0.1, 0.15) is 21.6 Å². The summed E-state index contributed by atoms with van der Waals surface area (Å²) in [6.07, 6.45) is 1.70. The van der Waals surface area contributed by atoms with Crippen LogP contribution >= 0.6 is 0 Å². The normalized spacial score (nSPS) is 9.58. The number of aliphatic hydroxyl groups excluding tert-OH is 1. The molecule has 96 valence electrons. The first-order valence-corrected chi connectivity index (χ1v) is 5.86. The number of hydrogen-bond donors (Lipinski definition) is 3. The molecule has 0 bridgehead atoms. The van der Waals surface area contributed by atoms with E-state index in [1.54, 1.807) is 24.4 Å². The van der Waals surface area contributed by atoms with Crippen LogP contribution in [-0.2, 0) is 0 Å². The number of aliphatic hydroxyl groups is 1. The van der Waals surface area contributed by atoms with Gasteiger partial charge in [0.1, 0.15) is 12.3 Å². The van der Waals surface area contributed by atoms with Gasteiger partial charge in [-0.2, -0.15) is 0 Å². The zero-order valence-electron chi connectivity index (χ0n) is 10.5. The molecule has 19 heavy (non-hydrogen) atoms. The highest BCUT2D eigenvalue weighted by Crippen LogP contribution is 2.15. The molecule has 3 N–H and O–H groups in total. The predicted molar refractivity (Wildman–Crippen MR) is 73.9 cm³/mol. The van der Waals surface area contributed by atoms with Crippen molar-refractivity contribution in [1.82, 2.24) is 4.98 Å². The zero-order valence-corrected chi connectivity index (χ0v) is 10.5. The van der Waals surface area contributed by atoms with Crippen LogP contribution in [-0.4, -0.2) is 22.6 Å². The van der Waals surface area contributed by atoms with Gasteiger partial charge in [-0.25, -0.2) is 0 Å². The molecule has 4 heteroatoms. The predicted octanol–water partition coefficient (Wildman–Crippen LogP) is 1.92. The van der Waals surface area contributed by atoms with E-state index < -0.39 is 0 Å². The Morgan fingerprint density at radius 1 is 1.42 bits per heavy atom. The fraction of sp³-hybridized carbons (Fsp3) is 0.133. The van der Waals surface area contributed by atoms with Crippen molar-refractivity contribution in [3.63, 3.8) is 0 Å². The minimum Gasteiger partial charge on any atom is -0.384 e. The first-order valence-electron chi connectivity index (χ1n) is 5.86. The number of benzene rings is 1. The van der Waals surface area contributed by atoms with Gasteiger partial charge in [-0.15, -0.1) is 0 Å². The summed E-state index contributed by atoms with van der Waals surface area (Å²) in [4.78, 5) is 14.7. The quantitative estimate of drug-likeness (QED) is 0.717. The first-order chi connectivity index (χ1) is 9.20. The van der Waals surface area contributed by atoms with Gasteiger partial charge in [-0.1, -0.05) is 11.8 Å². The van der Waals surface area contributed by atoms with Crippen LogP contribution in [0.5, 0.6) is 0 Å². The Kier molecular flexibility index (Phi) is 4.01. The van der Waals surface area contributed by atoms with Crippen molar-refractivity contribution in [2.75, 3.05) is 11.9 Å². The van der Waals surface area contributed by atoms with E-state index in [1.165, 1.54) is 0 Å². The Morgan fingerprint density at radius 2 is 2.26 bits per heavy atom. The van der Waals surface area contributed by atoms with Gasteiger partial charge in [0, 0.05) is 17.4 Å². The molecule has 1 aromatic carbocycles. The molecule has 0 radical (unpaired) electrons. The lowest BCUT2D eigenvalue weighted by Gasteiger charge is -2.06. The number of aromatic amines is 1. The number of aryl methyl sites for hydroxylation is 1. The van der Waals surface area contributed by atoms with E-state index in [1.807, 2.05) is 19.1 Å². The van der Waals surface area contributed by atoms with Crippen LogP contribution in [0, 0.1) is 18.8 Å². The fourth-order valence-corrected chi connectivity index (χ4v) is 1.69. The first kappa shape index (κ1) is 12.9. The van der Waals surface area contributed by atoms with Gasteiger partial charge in [0.15, 0.2) is 0 Å². The molecule has 1 aromatic heterocycles. The molecule has 0 atom stereocenters. The largest absolute Gasteiger partial charge is 0.384 e. The van der Waals surface area contributed by atoms with Crippen LogP contribution in [0.15, 0.2) is 36.5 Å². The van der Waals surface area contributed by atoms with Crippen molar-refractivity contribution in [3.8, 4) is 11.8 Å². The lowest BCUT2D eigenvalue weighted by Crippen LogP contribution is -2.12. The Hall–Kier alpha value is -2.51. The van der Waals surface area contributed by atoms with Gasteiger partial charge in [-0.3, -0.25) is 4.79 Å². The molecule has 1 amide bonds. The van der Waals surface area contributed by atoms with E-state index in [2.05, 4.69) is 22.1 Å². The van der Waals surface area contributed by atoms with Gasteiger partial charge in [0.2, 0.25) is 0 Å². The Morgan fingerprint density at radius 3 is 2.89 bits per heavy atom. The van der Waals surface area contributed by atoms with E-state index in [0.717, 1.165) is 11.1 Å². The van der Waals surface area contributed by atoms with Crippen molar-refractivity contribution >= 4 is 11.6 Å². The SMILES string of the molecule is Cc1cc(NC(=O)c2ccc[nH]2)ccc1C#CCO. The molecule has 0 saturated heterocycles. The number of carbonyl (C=O) groups excluding carboxylic acids is 1. The smallest absolute Gasteiger partial charge is 0.272 e. The number of nitrogens with one attached hydrogen (secondary N) is 2. The maximum absolute atomic E-state index is 11.8. The number of H-pyrrole nitrogens is 1. The van der Waals surface area contributed by atoms with Crippen LogP contribution < -0.4 is 5.32 Å². The summed E-state index contributed by atoms with van der Waals surface area (Å²) in [6, 6.07) is 8.94. The molecular formula is C15H14N2O2. The third kappa shape index (κ3) is 3.24. The van der Waals surface area contributed by atoms with Crippen molar-refractivity contribution in [3.05, 3.63) is 53.3 Å². The van der Waals surface area contributed by atoms with Crippen molar-refractivity contribution in [1.29, 1.82) is 0 Å².